The van der Waals surface area contributed by atoms with Gasteiger partial charge in [0.25, 0.3) is 0 Å². The summed E-state index contributed by atoms with van der Waals surface area (Å²) in [5, 5.41) is 4.42. The number of hydrogen-bond donors (Lipinski definition) is 0. The van der Waals surface area contributed by atoms with Crippen molar-refractivity contribution in [3.05, 3.63) is 53.3 Å². The van der Waals surface area contributed by atoms with Crippen LogP contribution in [0.4, 0.5) is 0 Å². The van der Waals surface area contributed by atoms with E-state index in [-0.39, 0.29) is 0 Å². The first-order chi connectivity index (χ1) is 7.84. The van der Waals surface area contributed by atoms with Gasteiger partial charge in [-0.25, -0.2) is 0 Å². The summed E-state index contributed by atoms with van der Waals surface area (Å²) in [6.45, 7) is 0.864. The van der Waals surface area contributed by atoms with Gasteiger partial charge in [-0.3, -0.25) is 9.67 Å². The van der Waals surface area contributed by atoms with Gasteiger partial charge in [0.2, 0.25) is 0 Å². The Morgan fingerprint density at radius 3 is 2.88 bits per heavy atom. The predicted octanol–water partition coefficient (Wildman–Crippen LogP) is 1.81. The minimum Gasteiger partial charge on any atom is -0.282 e. The van der Waals surface area contributed by atoms with E-state index in [9.17, 15) is 0 Å². The third-order valence-corrected chi connectivity index (χ3v) is 2.88. The molecule has 80 valence electrons. The number of nitrogens with zero attached hydrogens (tertiary/aromatic N) is 3. The zero-order valence-electron chi connectivity index (χ0n) is 9.22. The second-order valence-electron chi connectivity index (χ2n) is 4.01. The molecule has 0 saturated heterocycles. The lowest BCUT2D eigenvalue weighted by Gasteiger charge is -2.14. The van der Waals surface area contributed by atoms with E-state index >= 15 is 0 Å². The summed E-state index contributed by atoms with van der Waals surface area (Å²) in [5.41, 5.74) is 4.60. The van der Waals surface area contributed by atoms with E-state index < -0.39 is 0 Å². The fraction of sp³-hybridized carbons (Fsp3) is 0.231. The van der Waals surface area contributed by atoms with E-state index in [0.717, 1.165) is 24.4 Å². The predicted molar refractivity (Wildman–Crippen MR) is 63.9 cm³/mol. The summed E-state index contributed by atoms with van der Waals surface area (Å²) in [4.78, 5) is 4.60. The molecule has 0 radical (unpaired) electrons. The smallest absolute Gasteiger partial charge is 0.111 e. The van der Waals surface area contributed by atoms with E-state index in [0.29, 0.717) is 0 Å². The second-order valence-corrected chi connectivity index (χ2v) is 4.01. The summed E-state index contributed by atoms with van der Waals surface area (Å²) in [6, 6.07) is 10.5. The molecule has 2 aromatic rings. The zero-order chi connectivity index (χ0) is 11.0. The first kappa shape index (κ1) is 9.33. The van der Waals surface area contributed by atoms with Gasteiger partial charge in [0, 0.05) is 25.4 Å². The van der Waals surface area contributed by atoms with Crippen LogP contribution in [0, 0.1) is 0 Å². The molecule has 0 bridgehead atoms. The number of aromatic nitrogens is 2. The van der Waals surface area contributed by atoms with Crippen molar-refractivity contribution in [3.63, 3.8) is 0 Å². The monoisotopic (exact) mass is 211 g/mol. The fourth-order valence-corrected chi connectivity index (χ4v) is 2.10. The van der Waals surface area contributed by atoms with Crippen molar-refractivity contribution in [2.75, 3.05) is 6.54 Å². The maximum Gasteiger partial charge on any atom is 0.111 e. The molecule has 3 rings (SSSR count). The third-order valence-electron chi connectivity index (χ3n) is 2.88. The van der Waals surface area contributed by atoms with Crippen LogP contribution in [0.15, 0.2) is 41.5 Å². The molecule has 0 aliphatic carbocycles. The lowest BCUT2D eigenvalue weighted by atomic mass is 9.96. The van der Waals surface area contributed by atoms with Crippen molar-refractivity contribution in [2.45, 2.75) is 6.42 Å². The summed E-state index contributed by atoms with van der Waals surface area (Å²) in [6.07, 6.45) is 2.99. The maximum atomic E-state index is 4.60. The number of fused-ring (bicyclic) bond motifs is 1. The Morgan fingerprint density at radius 1 is 1.19 bits per heavy atom. The van der Waals surface area contributed by atoms with Crippen LogP contribution in [0.5, 0.6) is 0 Å². The van der Waals surface area contributed by atoms with E-state index in [2.05, 4.69) is 34.4 Å². The van der Waals surface area contributed by atoms with Crippen molar-refractivity contribution >= 4 is 5.71 Å². The molecular weight excluding hydrogens is 198 g/mol. The highest BCUT2D eigenvalue weighted by Gasteiger charge is 2.16. The first-order valence-electron chi connectivity index (χ1n) is 5.47. The Bertz CT molecular complexity index is 552. The van der Waals surface area contributed by atoms with Gasteiger partial charge in [0.05, 0.1) is 5.71 Å². The van der Waals surface area contributed by atoms with Gasteiger partial charge in [-0.2, -0.15) is 5.10 Å². The molecular formula is C13H13N3. The summed E-state index contributed by atoms with van der Waals surface area (Å²) in [5.74, 6) is 0. The molecule has 1 aliphatic heterocycles. The van der Waals surface area contributed by atoms with Gasteiger partial charge in [-0.05, 0) is 18.1 Å². The lowest BCUT2D eigenvalue weighted by molar-refractivity contribution is 0.764. The minimum absolute atomic E-state index is 0.864. The lowest BCUT2D eigenvalue weighted by Crippen LogP contribution is -2.14. The molecule has 0 atom stereocenters. The molecule has 0 fully saturated rings. The summed E-state index contributed by atoms with van der Waals surface area (Å²) in [7, 11) is 1.93. The Balaban J connectivity index is 2.12. The van der Waals surface area contributed by atoms with E-state index in [4.69, 9.17) is 0 Å². The van der Waals surface area contributed by atoms with Crippen molar-refractivity contribution in [1.82, 2.24) is 9.78 Å². The molecule has 3 heteroatoms. The number of aliphatic imine (C=N–C) groups is 1. The quantitative estimate of drug-likeness (QED) is 0.707. The Morgan fingerprint density at radius 2 is 2.06 bits per heavy atom. The SMILES string of the molecule is Cn1ccc(C2=NCCc3ccccc32)n1. The molecule has 0 spiro atoms. The van der Waals surface area contributed by atoms with Crippen LogP contribution in [-0.2, 0) is 13.5 Å². The van der Waals surface area contributed by atoms with E-state index in [1.807, 2.05) is 24.0 Å². The number of hydrogen-bond acceptors (Lipinski definition) is 2. The molecule has 3 nitrogen and oxygen atoms in total. The molecule has 1 aromatic carbocycles. The highest BCUT2D eigenvalue weighted by Crippen LogP contribution is 2.19. The molecule has 0 saturated carbocycles. The standard InChI is InChI=1S/C13H13N3/c1-16-9-7-12(15-16)13-11-5-3-2-4-10(11)6-8-14-13/h2-5,7,9H,6,8H2,1H3. The first-order valence-corrected chi connectivity index (χ1v) is 5.47. The van der Waals surface area contributed by atoms with Gasteiger partial charge >= 0.3 is 0 Å². The van der Waals surface area contributed by atoms with Crippen LogP contribution in [0.3, 0.4) is 0 Å². The van der Waals surface area contributed by atoms with Crippen LogP contribution in [0.1, 0.15) is 16.8 Å². The van der Waals surface area contributed by atoms with Crippen molar-refractivity contribution in [3.8, 4) is 0 Å². The number of rotatable bonds is 1. The van der Waals surface area contributed by atoms with Gasteiger partial charge in [0.1, 0.15) is 5.69 Å². The van der Waals surface area contributed by atoms with Crippen LogP contribution in [-0.4, -0.2) is 22.0 Å². The number of aryl methyl sites for hydroxylation is 1. The molecule has 0 N–H and O–H groups in total. The molecule has 16 heavy (non-hydrogen) atoms. The minimum atomic E-state index is 0.864. The van der Waals surface area contributed by atoms with Crippen molar-refractivity contribution < 1.29 is 0 Å². The molecule has 0 unspecified atom stereocenters. The van der Waals surface area contributed by atoms with Gasteiger partial charge in [-0.15, -0.1) is 0 Å². The van der Waals surface area contributed by atoms with Crippen LogP contribution >= 0.6 is 0 Å². The molecule has 1 aromatic heterocycles. The zero-order valence-corrected chi connectivity index (χ0v) is 9.22. The summed E-state index contributed by atoms with van der Waals surface area (Å²) >= 11 is 0. The van der Waals surface area contributed by atoms with E-state index in [1.165, 1.54) is 11.1 Å². The normalized spacial score (nSPS) is 14.4. The fourth-order valence-electron chi connectivity index (χ4n) is 2.10. The molecule has 2 heterocycles. The van der Waals surface area contributed by atoms with Crippen molar-refractivity contribution in [2.24, 2.45) is 12.0 Å². The highest BCUT2D eigenvalue weighted by atomic mass is 15.2. The van der Waals surface area contributed by atoms with Crippen LogP contribution in [0.25, 0.3) is 0 Å². The Kier molecular flexibility index (Phi) is 2.10. The Labute approximate surface area is 94.4 Å². The molecule has 0 amide bonds. The van der Waals surface area contributed by atoms with Crippen molar-refractivity contribution in [1.29, 1.82) is 0 Å². The average Bonchev–Trinajstić information content (AvgIpc) is 2.75. The number of benzene rings is 1. The van der Waals surface area contributed by atoms with Gasteiger partial charge in [-0.1, -0.05) is 24.3 Å². The third kappa shape index (κ3) is 1.45. The second kappa shape index (κ2) is 3.59. The molecule has 1 aliphatic rings. The van der Waals surface area contributed by atoms with Gasteiger partial charge in [0.15, 0.2) is 0 Å². The topological polar surface area (TPSA) is 30.2 Å². The van der Waals surface area contributed by atoms with E-state index in [1.54, 1.807) is 0 Å². The maximum absolute atomic E-state index is 4.60. The van der Waals surface area contributed by atoms with Crippen LogP contribution in [0.2, 0.25) is 0 Å². The van der Waals surface area contributed by atoms with Gasteiger partial charge < -0.3 is 0 Å². The largest absolute Gasteiger partial charge is 0.282 e. The van der Waals surface area contributed by atoms with Crippen LogP contribution < -0.4 is 0 Å². The highest BCUT2D eigenvalue weighted by molar-refractivity contribution is 6.13. The average molecular weight is 211 g/mol. The summed E-state index contributed by atoms with van der Waals surface area (Å²) < 4.78 is 1.81. The Hall–Kier alpha value is -1.90.